The molecule has 9 unspecified atom stereocenters. The van der Waals surface area contributed by atoms with Gasteiger partial charge < -0.3 is 14.9 Å². The Morgan fingerprint density at radius 2 is 1.47 bits per heavy atom. The van der Waals surface area contributed by atoms with Crippen molar-refractivity contribution < 1.29 is 46.9 Å². The van der Waals surface area contributed by atoms with E-state index in [0.717, 1.165) is 44.1 Å². The van der Waals surface area contributed by atoms with Crippen LogP contribution in [-0.4, -0.2) is 46.1 Å². The normalized spacial score (nSPS) is 45.1. The number of carbonyl (C=O) groups excluding carboxylic acids is 1. The first-order chi connectivity index (χ1) is 20.5. The fourth-order valence-corrected chi connectivity index (χ4v) is 12.4. The second-order valence-corrected chi connectivity index (χ2v) is 16.8. The quantitative estimate of drug-likeness (QED) is 0.172. The zero-order valence-electron chi connectivity index (χ0n) is 27.5. The third kappa shape index (κ3) is 4.56. The Kier molecular flexibility index (Phi) is 7.93. The van der Waals surface area contributed by atoms with Gasteiger partial charge >= 0.3 is 29.8 Å². The highest BCUT2D eigenvalue weighted by Gasteiger charge is 2.72. The van der Waals surface area contributed by atoms with Crippen LogP contribution < -0.4 is 0 Å². The zero-order chi connectivity index (χ0) is 33.8. The minimum Gasteiger partial charge on any atom is -0.481 e. The summed E-state index contributed by atoms with van der Waals surface area (Å²) < 4.78 is 59.8. The Labute approximate surface area is 263 Å². The van der Waals surface area contributed by atoms with E-state index >= 15 is 0 Å². The van der Waals surface area contributed by atoms with Crippen molar-refractivity contribution in [2.75, 3.05) is 0 Å². The van der Waals surface area contributed by atoms with Gasteiger partial charge in [-0.15, -0.1) is 0 Å². The molecule has 0 amide bonds. The maximum atomic E-state index is 14.5. The summed E-state index contributed by atoms with van der Waals surface area (Å²) in [5.41, 5.74) is -5.26. The largest absolute Gasteiger partial charge is 0.481 e. The van der Waals surface area contributed by atoms with Crippen molar-refractivity contribution >= 4 is 17.9 Å². The second kappa shape index (κ2) is 10.4. The molecule has 254 valence electrons. The molecule has 6 nitrogen and oxygen atoms in total. The average molecular weight is 643 g/mol. The van der Waals surface area contributed by atoms with Crippen LogP contribution in [0.2, 0.25) is 0 Å². The smallest absolute Gasteiger partial charge is 0.434 e. The lowest BCUT2D eigenvalue weighted by Gasteiger charge is -2.72. The summed E-state index contributed by atoms with van der Waals surface area (Å²) in [6.45, 7) is 17.4. The summed E-state index contributed by atoms with van der Waals surface area (Å²) in [4.78, 5) is 36.7. The van der Waals surface area contributed by atoms with Crippen LogP contribution in [-0.2, 0) is 19.1 Å². The number of hydrogen-bond donors (Lipinski definition) is 2. The molecule has 0 bridgehead atoms. The molecule has 5 aliphatic rings. The lowest BCUT2D eigenvalue weighted by atomic mass is 9.32. The minimum absolute atomic E-state index is 0.0599. The summed E-state index contributed by atoms with van der Waals surface area (Å²) in [6.07, 6.45) is -0.693. The average Bonchev–Trinajstić information content (AvgIpc) is 3.31. The van der Waals surface area contributed by atoms with Crippen molar-refractivity contribution in [1.82, 2.24) is 0 Å². The van der Waals surface area contributed by atoms with Crippen LogP contribution in [0.3, 0.4) is 0 Å². The maximum Gasteiger partial charge on any atom is 0.434 e. The molecule has 11 atom stereocenters. The van der Waals surface area contributed by atoms with Gasteiger partial charge in [0.1, 0.15) is 6.10 Å². The Bertz CT molecular complexity index is 1280. The van der Waals surface area contributed by atoms with E-state index in [1.165, 1.54) is 0 Å². The molecular formula is C35H50F4O6. The highest BCUT2D eigenvalue weighted by molar-refractivity contribution is 5.85. The molecule has 2 N–H and O–H groups in total. The molecule has 10 heteroatoms. The number of aliphatic carboxylic acids is 2. The van der Waals surface area contributed by atoms with E-state index in [0.29, 0.717) is 31.6 Å². The van der Waals surface area contributed by atoms with E-state index in [-0.39, 0.29) is 39.9 Å². The van der Waals surface area contributed by atoms with Crippen molar-refractivity contribution in [1.29, 1.82) is 0 Å². The molecular weight excluding hydrogens is 592 g/mol. The van der Waals surface area contributed by atoms with E-state index in [1.54, 1.807) is 0 Å². The van der Waals surface area contributed by atoms with Gasteiger partial charge in [-0.25, -0.2) is 9.18 Å². The molecule has 5 saturated carbocycles. The summed E-state index contributed by atoms with van der Waals surface area (Å²) in [6, 6.07) is 0. The molecule has 0 aromatic carbocycles. The van der Waals surface area contributed by atoms with Gasteiger partial charge in [-0.1, -0.05) is 46.8 Å². The number of carboxylic acids is 2. The van der Waals surface area contributed by atoms with Gasteiger partial charge in [-0.2, -0.15) is 13.2 Å². The first kappa shape index (κ1) is 34.2. The number of ether oxygens (including phenoxy) is 1. The monoisotopic (exact) mass is 642 g/mol. The van der Waals surface area contributed by atoms with Gasteiger partial charge in [-0.05, 0) is 117 Å². The summed E-state index contributed by atoms with van der Waals surface area (Å²) in [5.74, 6) is -4.01. The first-order valence-corrected chi connectivity index (χ1v) is 16.6. The Morgan fingerprint density at radius 3 is 2.02 bits per heavy atom. The highest BCUT2D eigenvalue weighted by Crippen LogP contribution is 2.77. The van der Waals surface area contributed by atoms with Gasteiger partial charge in [0.25, 0.3) is 0 Å². The lowest BCUT2D eigenvalue weighted by molar-refractivity contribution is -0.254. The Balaban J connectivity index is 1.41. The van der Waals surface area contributed by atoms with Crippen LogP contribution in [0, 0.1) is 56.7 Å². The fraction of sp³-hybridized carbons (Fsp3) is 0.857. The van der Waals surface area contributed by atoms with E-state index in [9.17, 15) is 37.1 Å². The minimum atomic E-state index is -5.76. The SMILES string of the molecule is C=C(C)C1CCC2(C(=O)O)CCC3(C)C(CCC4[C@@]5(C)CCC(OC(=O)CC(F)(C(=O)O)C(F)(F)F)C(C)(C)C5CC[C@]43C)C12. The summed E-state index contributed by atoms with van der Waals surface area (Å²) in [7, 11) is 0. The molecule has 0 aromatic heterocycles. The van der Waals surface area contributed by atoms with Crippen molar-refractivity contribution in [3.8, 4) is 0 Å². The van der Waals surface area contributed by atoms with Gasteiger partial charge in [0.2, 0.25) is 0 Å². The number of halogens is 4. The standard InChI is InChI=1S/C35H50F4O6/c1-19(2)20-10-15-33(27(41)42)17-16-31(6)21(26(20)33)8-9-23-30(5)13-12-24(29(3,4)22(30)11-14-32(23,31)7)45-25(40)18-34(36,28(43)44)35(37,38)39/h20-24,26H,1,8-18H2,2-7H3,(H,41,42)(H,43,44)/t20?,21?,22?,23?,24?,26?,30-,31?,32+,33?,34?/m0/s1. The van der Waals surface area contributed by atoms with Crippen molar-refractivity contribution in [2.45, 2.75) is 130 Å². The number of carboxylic acid groups (broad SMARTS) is 2. The van der Waals surface area contributed by atoms with E-state index in [1.807, 2.05) is 20.8 Å². The molecule has 45 heavy (non-hydrogen) atoms. The molecule has 0 spiro atoms. The zero-order valence-corrected chi connectivity index (χ0v) is 27.5. The molecule has 0 heterocycles. The van der Waals surface area contributed by atoms with Crippen LogP contribution >= 0.6 is 0 Å². The van der Waals surface area contributed by atoms with E-state index in [2.05, 4.69) is 27.4 Å². The van der Waals surface area contributed by atoms with Crippen LogP contribution in [0.25, 0.3) is 0 Å². The number of rotatable bonds is 6. The third-order valence-corrected chi connectivity index (χ3v) is 14.9. The predicted octanol–water partition coefficient (Wildman–Crippen LogP) is 8.39. The van der Waals surface area contributed by atoms with Crippen LogP contribution in [0.5, 0.6) is 0 Å². The maximum absolute atomic E-state index is 14.5. The molecule has 0 radical (unpaired) electrons. The van der Waals surface area contributed by atoms with Crippen molar-refractivity contribution in [3.63, 3.8) is 0 Å². The molecule has 5 aliphatic carbocycles. The lowest BCUT2D eigenvalue weighted by Crippen LogP contribution is -2.67. The highest BCUT2D eigenvalue weighted by atomic mass is 19.4. The molecule has 5 fully saturated rings. The van der Waals surface area contributed by atoms with Crippen molar-refractivity contribution in [2.24, 2.45) is 56.7 Å². The topological polar surface area (TPSA) is 101 Å². The molecule has 0 aromatic rings. The number of esters is 1. The van der Waals surface area contributed by atoms with Crippen molar-refractivity contribution in [3.05, 3.63) is 12.2 Å². The molecule has 5 rings (SSSR count). The number of fused-ring (bicyclic) bond motifs is 7. The fourth-order valence-electron chi connectivity index (χ4n) is 12.4. The molecule has 0 aliphatic heterocycles. The first-order valence-electron chi connectivity index (χ1n) is 16.6. The van der Waals surface area contributed by atoms with Gasteiger partial charge in [0.05, 0.1) is 11.8 Å². The summed E-state index contributed by atoms with van der Waals surface area (Å²) in [5, 5.41) is 19.5. The van der Waals surface area contributed by atoms with Gasteiger partial charge in [0, 0.05) is 5.41 Å². The Hall–Kier alpha value is -2.13. The predicted molar refractivity (Wildman–Crippen MR) is 159 cm³/mol. The Morgan fingerprint density at radius 1 is 0.822 bits per heavy atom. The van der Waals surface area contributed by atoms with E-state index in [4.69, 9.17) is 9.84 Å². The third-order valence-electron chi connectivity index (χ3n) is 14.9. The number of carbonyl (C=O) groups is 3. The van der Waals surface area contributed by atoms with Crippen LogP contribution in [0.4, 0.5) is 17.6 Å². The number of hydrogen-bond acceptors (Lipinski definition) is 4. The van der Waals surface area contributed by atoms with Gasteiger partial charge in [-0.3, -0.25) is 9.59 Å². The summed E-state index contributed by atoms with van der Waals surface area (Å²) >= 11 is 0. The van der Waals surface area contributed by atoms with E-state index < -0.39 is 53.1 Å². The van der Waals surface area contributed by atoms with Crippen LogP contribution in [0.1, 0.15) is 112 Å². The number of alkyl halides is 4. The molecule has 0 saturated heterocycles. The number of allylic oxidation sites excluding steroid dienone is 1. The van der Waals surface area contributed by atoms with Crippen LogP contribution in [0.15, 0.2) is 12.2 Å². The second-order valence-electron chi connectivity index (χ2n) is 16.8. The van der Waals surface area contributed by atoms with Gasteiger partial charge in [0.15, 0.2) is 0 Å².